The molecular formula is C34H35F4N7O. The van der Waals surface area contributed by atoms with Gasteiger partial charge in [-0.2, -0.15) is 13.2 Å². The molecule has 1 aromatic heterocycles. The van der Waals surface area contributed by atoms with Crippen LogP contribution in [0.1, 0.15) is 38.3 Å². The first-order chi connectivity index (χ1) is 21.9. The molecule has 2 aliphatic heterocycles. The van der Waals surface area contributed by atoms with Crippen molar-refractivity contribution in [1.29, 1.82) is 0 Å². The van der Waals surface area contributed by atoms with Gasteiger partial charge in [-0.25, -0.2) is 14.4 Å². The summed E-state index contributed by atoms with van der Waals surface area (Å²) in [6.07, 6.45) is -2.14. The topological polar surface area (TPSA) is 76.6 Å². The number of carbonyl (C=O) groups excluding carboxylic acids is 1. The summed E-state index contributed by atoms with van der Waals surface area (Å²) >= 11 is 0. The van der Waals surface area contributed by atoms with Gasteiger partial charge in [0.1, 0.15) is 5.82 Å². The molecule has 3 aromatic carbocycles. The van der Waals surface area contributed by atoms with Crippen LogP contribution in [0.5, 0.6) is 0 Å². The Morgan fingerprint density at radius 1 is 0.848 bits per heavy atom. The van der Waals surface area contributed by atoms with Crippen LogP contribution in [-0.2, 0) is 19.1 Å². The second-order valence-corrected chi connectivity index (χ2v) is 11.9. The standard InChI is InChI=1S/C34H35F4N7O/c1-21-4-6-23(16-27(21)34(36,37)38)32(46)40-26-7-5-22(2)31(18-26)45-11-10-29-24(20-45)19-39-33(42-29)41-25-8-9-30(28(35)17-25)44-14-12-43(3)13-15-44/h4-9,16-19H,10-15,20H2,1-3H3,(H,40,46)(H,39,41,42). The van der Waals surface area contributed by atoms with Gasteiger partial charge in [-0.15, -0.1) is 0 Å². The van der Waals surface area contributed by atoms with Gasteiger partial charge in [-0.05, 0) is 74.5 Å². The number of amides is 1. The molecule has 4 aromatic rings. The molecule has 0 unspecified atom stereocenters. The Kier molecular flexibility index (Phi) is 8.56. The van der Waals surface area contributed by atoms with E-state index in [4.69, 9.17) is 4.98 Å². The van der Waals surface area contributed by atoms with Crippen LogP contribution in [0, 0.1) is 19.7 Å². The van der Waals surface area contributed by atoms with E-state index in [0.29, 0.717) is 42.5 Å². The van der Waals surface area contributed by atoms with Gasteiger partial charge in [0.25, 0.3) is 5.91 Å². The molecule has 6 rings (SSSR count). The molecule has 2 N–H and O–H groups in total. The zero-order valence-electron chi connectivity index (χ0n) is 25.9. The molecule has 0 radical (unpaired) electrons. The lowest BCUT2D eigenvalue weighted by atomic mass is 10.0. The number of aromatic nitrogens is 2. The number of rotatable bonds is 6. The number of benzene rings is 3. The van der Waals surface area contributed by atoms with Crippen LogP contribution < -0.4 is 20.4 Å². The molecule has 0 bridgehead atoms. The molecule has 1 amide bonds. The van der Waals surface area contributed by atoms with Crippen LogP contribution in [0.4, 0.5) is 46.3 Å². The third-order valence-corrected chi connectivity index (χ3v) is 8.59. The zero-order valence-corrected chi connectivity index (χ0v) is 25.9. The summed E-state index contributed by atoms with van der Waals surface area (Å²) in [5.74, 6) is -0.516. The molecule has 0 spiro atoms. The quantitative estimate of drug-likeness (QED) is 0.233. The summed E-state index contributed by atoms with van der Waals surface area (Å²) in [6, 6.07) is 14.1. The number of fused-ring (bicyclic) bond motifs is 1. The highest BCUT2D eigenvalue weighted by Crippen LogP contribution is 2.33. The van der Waals surface area contributed by atoms with Crippen molar-refractivity contribution in [3.8, 4) is 0 Å². The van der Waals surface area contributed by atoms with Crippen LogP contribution in [0.2, 0.25) is 0 Å². The molecular weight excluding hydrogens is 598 g/mol. The van der Waals surface area contributed by atoms with E-state index in [9.17, 15) is 22.4 Å². The second kappa shape index (κ2) is 12.6. The minimum Gasteiger partial charge on any atom is -0.367 e. The van der Waals surface area contributed by atoms with E-state index < -0.39 is 17.6 Å². The van der Waals surface area contributed by atoms with Gasteiger partial charge in [-0.1, -0.05) is 12.1 Å². The number of likely N-dealkylation sites (N-methyl/N-ethyl adjacent to an activating group) is 1. The number of nitrogens with one attached hydrogen (secondary N) is 2. The Balaban J connectivity index is 1.12. The van der Waals surface area contributed by atoms with Crippen molar-refractivity contribution in [3.05, 3.63) is 100 Å². The molecule has 8 nitrogen and oxygen atoms in total. The predicted molar refractivity (Wildman–Crippen MR) is 171 cm³/mol. The molecule has 12 heteroatoms. The summed E-state index contributed by atoms with van der Waals surface area (Å²) in [5.41, 5.74) is 4.52. The van der Waals surface area contributed by atoms with Gasteiger partial charge in [0.2, 0.25) is 5.95 Å². The lowest BCUT2D eigenvalue weighted by Gasteiger charge is -2.34. The Labute approximate surface area is 265 Å². The number of aryl methyl sites for hydroxylation is 2. The van der Waals surface area contributed by atoms with Gasteiger partial charge in [-0.3, -0.25) is 4.79 Å². The molecule has 1 fully saturated rings. The Morgan fingerprint density at radius 2 is 1.59 bits per heavy atom. The molecule has 3 heterocycles. The fourth-order valence-electron chi connectivity index (χ4n) is 5.90. The molecule has 46 heavy (non-hydrogen) atoms. The first-order valence-corrected chi connectivity index (χ1v) is 15.1. The summed E-state index contributed by atoms with van der Waals surface area (Å²) < 4.78 is 55.1. The number of anilines is 5. The van der Waals surface area contributed by atoms with Gasteiger partial charge in [0.15, 0.2) is 0 Å². The van der Waals surface area contributed by atoms with Gasteiger partial charge >= 0.3 is 6.18 Å². The summed E-state index contributed by atoms with van der Waals surface area (Å²) in [6.45, 7) is 7.87. The third kappa shape index (κ3) is 6.76. The Bertz CT molecular complexity index is 1770. The first kappa shape index (κ1) is 31.3. The zero-order chi connectivity index (χ0) is 32.6. The minimum absolute atomic E-state index is 0.0585. The normalized spacial score (nSPS) is 15.5. The maximum Gasteiger partial charge on any atom is 0.416 e. The van der Waals surface area contributed by atoms with E-state index in [2.05, 4.69) is 37.4 Å². The van der Waals surface area contributed by atoms with Gasteiger partial charge < -0.3 is 25.3 Å². The molecule has 0 atom stereocenters. The molecule has 240 valence electrons. The van der Waals surface area contributed by atoms with Crippen LogP contribution in [0.15, 0.2) is 60.8 Å². The van der Waals surface area contributed by atoms with E-state index in [1.165, 1.54) is 25.1 Å². The van der Waals surface area contributed by atoms with Gasteiger partial charge in [0.05, 0.1) is 16.9 Å². The third-order valence-electron chi connectivity index (χ3n) is 8.59. The molecule has 0 aliphatic carbocycles. The van der Waals surface area contributed by atoms with Crippen molar-refractivity contribution in [3.63, 3.8) is 0 Å². The van der Waals surface area contributed by atoms with Crippen LogP contribution in [0.3, 0.4) is 0 Å². The van der Waals surface area contributed by atoms with E-state index in [1.807, 2.05) is 25.1 Å². The molecule has 0 saturated carbocycles. The van der Waals surface area contributed by atoms with Crippen LogP contribution in [0.25, 0.3) is 0 Å². The fourth-order valence-corrected chi connectivity index (χ4v) is 5.90. The lowest BCUT2D eigenvalue weighted by Crippen LogP contribution is -2.44. The Morgan fingerprint density at radius 3 is 2.33 bits per heavy atom. The summed E-state index contributed by atoms with van der Waals surface area (Å²) in [5, 5.41) is 5.88. The maximum atomic E-state index is 15.0. The number of alkyl halides is 3. The average molecular weight is 634 g/mol. The minimum atomic E-state index is -4.55. The summed E-state index contributed by atoms with van der Waals surface area (Å²) in [7, 11) is 2.06. The van der Waals surface area contributed by atoms with Crippen LogP contribution >= 0.6 is 0 Å². The number of nitrogens with zero attached hydrogens (tertiary/aromatic N) is 5. The maximum absolute atomic E-state index is 15.0. The number of hydrogen-bond donors (Lipinski definition) is 2. The van der Waals surface area contributed by atoms with E-state index in [1.54, 1.807) is 18.3 Å². The monoisotopic (exact) mass is 633 g/mol. The average Bonchev–Trinajstić information content (AvgIpc) is 3.02. The van der Waals surface area contributed by atoms with Crippen molar-refractivity contribution in [2.75, 3.05) is 60.2 Å². The highest BCUT2D eigenvalue weighted by molar-refractivity contribution is 6.04. The fraction of sp³-hybridized carbons (Fsp3) is 0.324. The van der Waals surface area contributed by atoms with Crippen molar-refractivity contribution in [2.24, 2.45) is 0 Å². The second-order valence-electron chi connectivity index (χ2n) is 11.9. The predicted octanol–water partition coefficient (Wildman–Crippen LogP) is 6.56. The highest BCUT2D eigenvalue weighted by Gasteiger charge is 2.33. The number of piperazine rings is 1. The SMILES string of the molecule is Cc1ccc(NC(=O)c2ccc(C)c(C(F)(F)F)c2)cc1N1CCc2nc(Nc3ccc(N4CCN(C)CC4)c(F)c3)ncc2C1. The van der Waals surface area contributed by atoms with Crippen LogP contribution in [-0.4, -0.2) is 60.5 Å². The van der Waals surface area contributed by atoms with Gasteiger partial charge in [0, 0.05) is 80.1 Å². The molecule has 1 saturated heterocycles. The van der Waals surface area contributed by atoms with Crippen molar-refractivity contribution in [2.45, 2.75) is 33.0 Å². The number of hydrogen-bond acceptors (Lipinski definition) is 7. The van der Waals surface area contributed by atoms with E-state index >= 15 is 0 Å². The highest BCUT2D eigenvalue weighted by atomic mass is 19.4. The number of halogens is 4. The Hall–Kier alpha value is -4.71. The number of carbonyl (C=O) groups is 1. The summed E-state index contributed by atoms with van der Waals surface area (Å²) in [4.78, 5) is 28.5. The smallest absolute Gasteiger partial charge is 0.367 e. The lowest BCUT2D eigenvalue weighted by molar-refractivity contribution is -0.138. The first-order valence-electron chi connectivity index (χ1n) is 15.1. The van der Waals surface area contributed by atoms with Crippen molar-refractivity contribution in [1.82, 2.24) is 14.9 Å². The van der Waals surface area contributed by atoms with E-state index in [0.717, 1.165) is 54.8 Å². The molecule has 2 aliphatic rings. The van der Waals surface area contributed by atoms with Crippen molar-refractivity contribution < 1.29 is 22.4 Å². The van der Waals surface area contributed by atoms with Crippen molar-refractivity contribution >= 4 is 34.6 Å². The van der Waals surface area contributed by atoms with E-state index in [-0.39, 0.29) is 16.9 Å². The largest absolute Gasteiger partial charge is 0.416 e.